The molecule has 176 valence electrons. The highest BCUT2D eigenvalue weighted by Gasteiger charge is 2.21. The molecule has 34 heavy (non-hydrogen) atoms. The van der Waals surface area contributed by atoms with E-state index < -0.39 is 6.09 Å². The van der Waals surface area contributed by atoms with Crippen LogP contribution in [0, 0.1) is 5.92 Å². The van der Waals surface area contributed by atoms with Crippen LogP contribution in [0.25, 0.3) is 0 Å². The summed E-state index contributed by atoms with van der Waals surface area (Å²) in [7, 11) is 1.55. The second-order valence-corrected chi connectivity index (χ2v) is 8.09. The molecule has 0 spiro atoms. The van der Waals surface area contributed by atoms with Crippen molar-refractivity contribution in [2.75, 3.05) is 42.3 Å². The average Bonchev–Trinajstić information content (AvgIpc) is 2.89. The van der Waals surface area contributed by atoms with Crippen LogP contribution in [0.15, 0.2) is 73.1 Å². The second-order valence-electron chi connectivity index (χ2n) is 8.09. The van der Waals surface area contributed by atoms with Crippen LogP contribution in [0.1, 0.15) is 23.2 Å². The van der Waals surface area contributed by atoms with Crippen molar-refractivity contribution in [2.24, 2.45) is 5.92 Å². The fourth-order valence-corrected chi connectivity index (χ4v) is 3.91. The summed E-state index contributed by atoms with van der Waals surface area (Å²) in [6.45, 7) is 2.19. The number of hydrogen-bond acceptors (Lipinski definition) is 6. The van der Waals surface area contributed by atoms with E-state index in [0.717, 1.165) is 25.9 Å². The number of carbonyl (C=O) groups is 2. The zero-order valence-corrected chi connectivity index (χ0v) is 19.1. The summed E-state index contributed by atoms with van der Waals surface area (Å²) < 4.78 is 10.7. The summed E-state index contributed by atoms with van der Waals surface area (Å²) in [4.78, 5) is 31.5. The van der Waals surface area contributed by atoms with E-state index in [4.69, 9.17) is 9.47 Å². The molecule has 2 N–H and O–H groups in total. The maximum atomic E-state index is 12.7. The second kappa shape index (κ2) is 11.2. The zero-order chi connectivity index (χ0) is 23.8. The third kappa shape index (κ3) is 6.04. The summed E-state index contributed by atoms with van der Waals surface area (Å²) in [5.41, 5.74) is 2.57. The fourth-order valence-electron chi connectivity index (χ4n) is 3.91. The summed E-state index contributed by atoms with van der Waals surface area (Å²) in [6, 6.07) is 17.9. The van der Waals surface area contributed by atoms with Crippen LogP contribution in [0.5, 0.6) is 5.75 Å². The van der Waals surface area contributed by atoms with Gasteiger partial charge in [-0.3, -0.25) is 15.1 Å². The molecule has 2 heterocycles. The number of anilines is 3. The number of nitrogens with one attached hydrogen (secondary N) is 2. The van der Waals surface area contributed by atoms with Crippen molar-refractivity contribution in [3.63, 3.8) is 0 Å². The van der Waals surface area contributed by atoms with E-state index >= 15 is 0 Å². The molecule has 1 saturated heterocycles. The molecule has 2 aromatic carbocycles. The summed E-state index contributed by atoms with van der Waals surface area (Å²) in [5, 5.41) is 5.58. The Morgan fingerprint density at radius 1 is 0.971 bits per heavy atom. The molecule has 4 rings (SSSR count). The number of para-hydroxylation sites is 2. The molecular weight excluding hydrogens is 432 g/mol. The molecule has 0 aliphatic carbocycles. The van der Waals surface area contributed by atoms with Crippen LogP contribution in [-0.2, 0) is 4.74 Å². The largest absolute Gasteiger partial charge is 0.497 e. The van der Waals surface area contributed by atoms with Crippen molar-refractivity contribution in [3.8, 4) is 5.75 Å². The number of piperidine rings is 1. The maximum absolute atomic E-state index is 12.7. The molecule has 3 aromatic rings. The van der Waals surface area contributed by atoms with Crippen LogP contribution in [0.3, 0.4) is 0 Å². The fraction of sp³-hybridized carbons (Fsp3) is 0.269. The lowest BCUT2D eigenvalue weighted by molar-refractivity contribution is 0.102. The van der Waals surface area contributed by atoms with Crippen molar-refractivity contribution < 1.29 is 19.1 Å². The van der Waals surface area contributed by atoms with E-state index in [1.54, 1.807) is 68.0 Å². The summed E-state index contributed by atoms with van der Waals surface area (Å²) >= 11 is 0. The van der Waals surface area contributed by atoms with Crippen molar-refractivity contribution in [3.05, 3.63) is 78.6 Å². The number of nitrogens with zero attached hydrogens (tertiary/aromatic N) is 2. The van der Waals surface area contributed by atoms with Gasteiger partial charge in [-0.1, -0.05) is 18.2 Å². The van der Waals surface area contributed by atoms with Gasteiger partial charge in [-0.25, -0.2) is 4.79 Å². The molecule has 1 fully saturated rings. The molecular formula is C26H28N4O4. The minimum absolute atomic E-state index is 0.303. The first kappa shape index (κ1) is 23.1. The molecule has 0 radical (unpaired) electrons. The molecule has 8 heteroatoms. The first-order valence-corrected chi connectivity index (χ1v) is 11.3. The third-order valence-corrected chi connectivity index (χ3v) is 5.84. The van der Waals surface area contributed by atoms with Crippen molar-refractivity contribution in [2.45, 2.75) is 12.8 Å². The molecule has 0 atom stereocenters. The Morgan fingerprint density at radius 2 is 1.68 bits per heavy atom. The van der Waals surface area contributed by atoms with Crippen molar-refractivity contribution in [1.29, 1.82) is 0 Å². The maximum Gasteiger partial charge on any atom is 0.411 e. The number of hydrogen-bond donors (Lipinski definition) is 2. The van der Waals surface area contributed by atoms with E-state index in [2.05, 4.69) is 20.5 Å². The lowest BCUT2D eigenvalue weighted by Crippen LogP contribution is -2.35. The topological polar surface area (TPSA) is 92.8 Å². The molecule has 1 aromatic heterocycles. The summed E-state index contributed by atoms with van der Waals surface area (Å²) in [6.07, 6.45) is 4.95. The highest BCUT2D eigenvalue weighted by Crippen LogP contribution is 2.25. The predicted octanol–water partition coefficient (Wildman–Crippen LogP) is 4.81. The smallest absolute Gasteiger partial charge is 0.411 e. The van der Waals surface area contributed by atoms with Crippen LogP contribution >= 0.6 is 0 Å². The van der Waals surface area contributed by atoms with Crippen LogP contribution in [0.4, 0.5) is 21.9 Å². The number of rotatable bonds is 7. The Morgan fingerprint density at radius 3 is 2.38 bits per heavy atom. The highest BCUT2D eigenvalue weighted by molar-refractivity contribution is 6.07. The van der Waals surface area contributed by atoms with Crippen LogP contribution < -0.4 is 20.3 Å². The normalized spacial score (nSPS) is 13.7. The number of aromatic nitrogens is 1. The molecule has 0 saturated carbocycles. The number of ether oxygens (including phenoxy) is 2. The molecule has 1 aliphatic rings. The molecule has 1 aliphatic heterocycles. The van der Waals surface area contributed by atoms with Gasteiger partial charge in [0.05, 0.1) is 25.1 Å². The SMILES string of the molecule is COc1cccc(C(=O)Nc2ccccc2NC(=O)OCC2CCN(c3ccncc3)CC2)c1. The molecule has 0 unspecified atom stereocenters. The number of benzene rings is 2. The van der Waals surface area contributed by atoms with Gasteiger partial charge in [0.2, 0.25) is 0 Å². The van der Waals surface area contributed by atoms with E-state index in [9.17, 15) is 9.59 Å². The molecule has 0 bridgehead atoms. The van der Waals surface area contributed by atoms with Gasteiger partial charge < -0.3 is 19.7 Å². The zero-order valence-electron chi connectivity index (χ0n) is 19.1. The van der Waals surface area contributed by atoms with Gasteiger partial charge in [-0.05, 0) is 61.2 Å². The Labute approximate surface area is 198 Å². The average molecular weight is 461 g/mol. The monoisotopic (exact) mass is 460 g/mol. The quantitative estimate of drug-likeness (QED) is 0.526. The van der Waals surface area contributed by atoms with Crippen molar-refractivity contribution >= 4 is 29.1 Å². The van der Waals surface area contributed by atoms with Gasteiger partial charge >= 0.3 is 6.09 Å². The van der Waals surface area contributed by atoms with Crippen molar-refractivity contribution in [1.82, 2.24) is 4.98 Å². The van der Waals surface area contributed by atoms with E-state index in [1.165, 1.54) is 5.69 Å². The Bertz CT molecular complexity index is 1110. The van der Waals surface area contributed by atoms with E-state index in [0.29, 0.717) is 35.2 Å². The third-order valence-electron chi connectivity index (χ3n) is 5.84. The number of pyridine rings is 1. The minimum atomic E-state index is -0.542. The highest BCUT2D eigenvalue weighted by atomic mass is 16.5. The van der Waals surface area contributed by atoms with Crippen LogP contribution in [-0.4, -0.2) is 43.8 Å². The van der Waals surface area contributed by atoms with E-state index in [-0.39, 0.29) is 5.91 Å². The number of amides is 2. The van der Waals surface area contributed by atoms with Gasteiger partial charge in [0, 0.05) is 36.7 Å². The first-order valence-electron chi connectivity index (χ1n) is 11.3. The Balaban J connectivity index is 1.28. The van der Waals surface area contributed by atoms with Gasteiger partial charge in [-0.15, -0.1) is 0 Å². The minimum Gasteiger partial charge on any atom is -0.497 e. The lowest BCUT2D eigenvalue weighted by atomic mass is 9.97. The molecule has 2 amide bonds. The molecule has 8 nitrogen and oxygen atoms in total. The van der Waals surface area contributed by atoms with E-state index in [1.807, 2.05) is 12.1 Å². The van der Waals surface area contributed by atoms with Crippen LogP contribution in [0.2, 0.25) is 0 Å². The van der Waals surface area contributed by atoms with Gasteiger partial charge in [0.1, 0.15) is 5.75 Å². The Kier molecular flexibility index (Phi) is 7.60. The van der Waals surface area contributed by atoms with Gasteiger partial charge in [-0.2, -0.15) is 0 Å². The predicted molar refractivity (Wildman–Crippen MR) is 132 cm³/mol. The van der Waals surface area contributed by atoms with Gasteiger partial charge in [0.15, 0.2) is 0 Å². The number of methoxy groups -OCH3 is 1. The lowest BCUT2D eigenvalue weighted by Gasteiger charge is -2.33. The number of carbonyl (C=O) groups excluding carboxylic acids is 2. The Hall–Kier alpha value is -4.07. The van der Waals surface area contributed by atoms with Gasteiger partial charge in [0.25, 0.3) is 5.91 Å². The standard InChI is InChI=1S/C26H28N4O4/c1-33-22-6-4-5-20(17-22)25(31)28-23-7-2-3-8-24(23)29-26(32)34-18-19-11-15-30(16-12-19)21-9-13-27-14-10-21/h2-10,13-14,17,19H,11-12,15-16,18H2,1H3,(H,28,31)(H,29,32). The first-order chi connectivity index (χ1) is 16.6. The summed E-state index contributed by atoms with van der Waals surface area (Å²) in [5.74, 6) is 0.601.